The normalized spacial score (nSPS) is 19.1. The van der Waals surface area contributed by atoms with Crippen LogP contribution in [0.5, 0.6) is 5.75 Å². The van der Waals surface area contributed by atoms with E-state index in [2.05, 4.69) is 4.74 Å². The summed E-state index contributed by atoms with van der Waals surface area (Å²) in [5, 5.41) is 9.23. The number of carbonyl (C=O) groups is 1. The smallest absolute Gasteiger partial charge is 0.339 e. The van der Waals surface area contributed by atoms with Crippen LogP contribution in [0.4, 0.5) is 4.39 Å². The monoisotopic (exact) mass is 296 g/mol. The van der Waals surface area contributed by atoms with Gasteiger partial charge in [-0.05, 0) is 18.9 Å². The number of benzene rings is 1. The first-order valence-corrected chi connectivity index (χ1v) is 6.71. The zero-order valence-electron chi connectivity index (χ0n) is 11.5. The summed E-state index contributed by atoms with van der Waals surface area (Å²) in [4.78, 5) is 11.3. The minimum atomic E-state index is -1.22. The molecule has 0 saturated carbocycles. The van der Waals surface area contributed by atoms with Gasteiger partial charge in [0.2, 0.25) is 6.86 Å². The first-order chi connectivity index (χ1) is 10.2. The number of carboxylic acid groups (broad SMARTS) is 1. The lowest BCUT2D eigenvalue weighted by molar-refractivity contribution is -0.130. The summed E-state index contributed by atoms with van der Waals surface area (Å²) in [6.45, 7) is -0.467. The van der Waals surface area contributed by atoms with Gasteiger partial charge in [-0.25, -0.2) is 9.18 Å². The Labute approximate surface area is 121 Å². The van der Waals surface area contributed by atoms with Gasteiger partial charge in [0.15, 0.2) is 6.29 Å². The van der Waals surface area contributed by atoms with Crippen molar-refractivity contribution in [2.24, 2.45) is 0 Å². The van der Waals surface area contributed by atoms with Gasteiger partial charge >= 0.3 is 5.97 Å². The second-order valence-electron chi connectivity index (χ2n) is 4.52. The highest BCUT2D eigenvalue weighted by Crippen LogP contribution is 2.29. The van der Waals surface area contributed by atoms with Crippen LogP contribution >= 0.6 is 0 Å². The fraction of sp³-hybridized carbons (Fsp3) is 0.400. The molecule has 0 spiro atoms. The summed E-state index contributed by atoms with van der Waals surface area (Å²) in [5.74, 6) is -0.843. The van der Waals surface area contributed by atoms with Gasteiger partial charge in [0, 0.05) is 12.0 Å². The Morgan fingerprint density at radius 1 is 1.43 bits per heavy atom. The van der Waals surface area contributed by atoms with E-state index in [0.29, 0.717) is 17.9 Å². The van der Waals surface area contributed by atoms with Crippen LogP contribution < -0.4 is 4.74 Å². The molecular weight excluding hydrogens is 279 g/mol. The predicted molar refractivity (Wildman–Crippen MR) is 73.3 cm³/mol. The van der Waals surface area contributed by atoms with Gasteiger partial charge in [-0.3, -0.25) is 0 Å². The number of ether oxygens (including phenoxy) is 3. The predicted octanol–water partition coefficient (Wildman–Crippen LogP) is 2.96. The van der Waals surface area contributed by atoms with Crippen molar-refractivity contribution in [3.8, 4) is 5.75 Å². The molecule has 1 aliphatic rings. The van der Waals surface area contributed by atoms with Crippen LogP contribution in [0.1, 0.15) is 24.8 Å². The third kappa shape index (κ3) is 4.19. The number of hydrogen-bond donors (Lipinski definition) is 1. The van der Waals surface area contributed by atoms with Gasteiger partial charge in [0.25, 0.3) is 0 Å². The molecule has 5 nitrogen and oxygen atoms in total. The lowest BCUT2D eigenvalue weighted by atomic mass is 10.1. The van der Waals surface area contributed by atoms with Gasteiger partial charge in [-0.15, -0.1) is 0 Å². The van der Waals surface area contributed by atoms with Crippen LogP contribution in [-0.4, -0.2) is 30.8 Å². The van der Waals surface area contributed by atoms with E-state index in [4.69, 9.17) is 9.47 Å². The molecule has 1 aliphatic heterocycles. The molecule has 1 saturated heterocycles. The fourth-order valence-corrected chi connectivity index (χ4v) is 2.08. The lowest BCUT2D eigenvalue weighted by Crippen LogP contribution is -2.25. The van der Waals surface area contributed by atoms with E-state index in [1.807, 2.05) is 0 Å². The van der Waals surface area contributed by atoms with E-state index in [9.17, 15) is 14.3 Å². The summed E-state index contributed by atoms with van der Waals surface area (Å²) in [7, 11) is 0. The summed E-state index contributed by atoms with van der Waals surface area (Å²) in [6, 6.07) is 6.65. The second-order valence-corrected chi connectivity index (χ2v) is 4.52. The van der Waals surface area contributed by atoms with Crippen molar-refractivity contribution >= 4 is 11.5 Å². The topological polar surface area (TPSA) is 65.0 Å². The third-order valence-corrected chi connectivity index (χ3v) is 3.07. The molecule has 114 valence electrons. The van der Waals surface area contributed by atoms with Gasteiger partial charge in [-0.1, -0.05) is 18.2 Å². The number of alkyl halides is 1. The highest BCUT2D eigenvalue weighted by atomic mass is 19.1. The molecule has 0 aliphatic carbocycles. The van der Waals surface area contributed by atoms with E-state index in [1.165, 1.54) is 0 Å². The molecule has 1 aromatic rings. The van der Waals surface area contributed by atoms with E-state index >= 15 is 0 Å². The minimum Gasteiger partial charge on any atom is -0.478 e. The van der Waals surface area contributed by atoms with Crippen molar-refractivity contribution in [3.05, 3.63) is 36.1 Å². The Morgan fingerprint density at radius 3 is 2.90 bits per heavy atom. The van der Waals surface area contributed by atoms with Crippen molar-refractivity contribution in [1.29, 1.82) is 0 Å². The minimum absolute atomic E-state index is 0.168. The summed E-state index contributed by atoms with van der Waals surface area (Å²) in [6.07, 6.45) is 3.23. The van der Waals surface area contributed by atoms with E-state index in [-0.39, 0.29) is 5.57 Å². The van der Waals surface area contributed by atoms with E-state index in [0.717, 1.165) is 25.5 Å². The molecular formula is C15H17FO5. The summed E-state index contributed by atoms with van der Waals surface area (Å²) >= 11 is 0. The van der Waals surface area contributed by atoms with E-state index in [1.54, 1.807) is 24.3 Å². The number of rotatable bonds is 6. The number of para-hydroxylation sites is 1. The quantitative estimate of drug-likeness (QED) is 0.646. The first kappa shape index (κ1) is 15.3. The zero-order chi connectivity index (χ0) is 15.1. The Hall–Kier alpha value is -2.08. The van der Waals surface area contributed by atoms with Crippen LogP contribution in [0, 0.1) is 0 Å². The average molecular weight is 296 g/mol. The molecule has 1 heterocycles. The Bertz CT molecular complexity index is 509. The largest absolute Gasteiger partial charge is 0.478 e. The van der Waals surface area contributed by atoms with Crippen LogP contribution in [0.2, 0.25) is 0 Å². The molecule has 1 N–H and O–H groups in total. The highest BCUT2D eigenvalue weighted by Gasteiger charge is 2.20. The van der Waals surface area contributed by atoms with E-state index < -0.39 is 19.1 Å². The maximum Gasteiger partial charge on any atom is 0.339 e. The van der Waals surface area contributed by atoms with Crippen LogP contribution in [0.25, 0.3) is 5.57 Å². The fourth-order valence-electron chi connectivity index (χ4n) is 2.08. The van der Waals surface area contributed by atoms with Crippen molar-refractivity contribution in [1.82, 2.24) is 0 Å². The molecule has 1 aromatic carbocycles. The molecule has 1 unspecified atom stereocenters. The first-order valence-electron chi connectivity index (χ1n) is 6.71. The summed E-state index contributed by atoms with van der Waals surface area (Å²) in [5.41, 5.74) is 0.159. The molecule has 0 aromatic heterocycles. The number of hydrogen-bond acceptors (Lipinski definition) is 4. The van der Waals surface area contributed by atoms with Crippen LogP contribution in [-0.2, 0) is 14.3 Å². The molecule has 0 bridgehead atoms. The molecule has 1 atom stereocenters. The van der Waals surface area contributed by atoms with Gasteiger partial charge in [0.05, 0.1) is 6.61 Å². The zero-order valence-corrected chi connectivity index (χ0v) is 11.5. The lowest BCUT2D eigenvalue weighted by Gasteiger charge is -2.24. The molecule has 0 radical (unpaired) electrons. The number of halogens is 1. The van der Waals surface area contributed by atoms with Gasteiger partial charge in [0.1, 0.15) is 17.6 Å². The average Bonchev–Trinajstić information content (AvgIpc) is 2.50. The molecule has 1 fully saturated rings. The van der Waals surface area contributed by atoms with Crippen molar-refractivity contribution < 1.29 is 28.5 Å². The van der Waals surface area contributed by atoms with Crippen LogP contribution in [0.3, 0.4) is 0 Å². The molecule has 2 rings (SSSR count). The summed E-state index contributed by atoms with van der Waals surface area (Å²) < 4.78 is 27.8. The maximum absolute atomic E-state index is 12.1. The Morgan fingerprint density at radius 2 is 2.24 bits per heavy atom. The number of carboxylic acids is 1. The standard InChI is InChI=1S/C15H17FO5/c16-10-19-9-12(15(17)18)11-5-1-2-6-13(11)21-14-7-3-4-8-20-14/h1-2,5-6,9,14H,3-4,7-8,10H2,(H,17,18). The second kappa shape index (κ2) is 7.64. The Kier molecular flexibility index (Phi) is 5.57. The van der Waals surface area contributed by atoms with Crippen molar-refractivity contribution in [3.63, 3.8) is 0 Å². The Balaban J connectivity index is 2.23. The van der Waals surface area contributed by atoms with Crippen LogP contribution in [0.15, 0.2) is 30.5 Å². The molecule has 0 amide bonds. The van der Waals surface area contributed by atoms with Gasteiger partial charge in [-0.2, -0.15) is 0 Å². The molecule has 21 heavy (non-hydrogen) atoms. The molecule has 6 heteroatoms. The number of aliphatic carboxylic acids is 1. The highest BCUT2D eigenvalue weighted by molar-refractivity contribution is 6.15. The third-order valence-electron chi connectivity index (χ3n) is 3.07. The SMILES string of the molecule is O=C(O)C(=COCF)c1ccccc1OC1CCCCO1. The van der Waals surface area contributed by atoms with Crippen molar-refractivity contribution in [2.45, 2.75) is 25.6 Å². The maximum atomic E-state index is 12.1. The van der Waals surface area contributed by atoms with Gasteiger partial charge < -0.3 is 19.3 Å². The van der Waals surface area contributed by atoms with Crippen molar-refractivity contribution in [2.75, 3.05) is 13.5 Å².